The van der Waals surface area contributed by atoms with Gasteiger partial charge in [0.25, 0.3) is 0 Å². The summed E-state index contributed by atoms with van der Waals surface area (Å²) in [5.41, 5.74) is 2.23. The van der Waals surface area contributed by atoms with Crippen LogP contribution in [0.2, 0.25) is 0 Å². The summed E-state index contributed by atoms with van der Waals surface area (Å²) in [7, 11) is 0. The van der Waals surface area contributed by atoms with Crippen LogP contribution in [0.3, 0.4) is 0 Å². The predicted octanol–water partition coefficient (Wildman–Crippen LogP) is 0.0860. The highest BCUT2D eigenvalue weighted by molar-refractivity contribution is 5.73. The van der Waals surface area contributed by atoms with Crippen LogP contribution in [0.4, 0.5) is 0 Å². The quantitative estimate of drug-likeness (QED) is 0.326. The normalized spacial score (nSPS) is 10.9. The Hall–Kier alpha value is -3.90. The third kappa shape index (κ3) is 8.45. The van der Waals surface area contributed by atoms with E-state index in [-0.39, 0.29) is 13.1 Å². The van der Waals surface area contributed by atoms with Gasteiger partial charge in [0.2, 0.25) is 0 Å². The van der Waals surface area contributed by atoms with E-state index in [9.17, 15) is 19.2 Å². The summed E-state index contributed by atoms with van der Waals surface area (Å²) >= 11 is 0. The smallest absolute Gasteiger partial charge is 0.317 e. The zero-order chi connectivity index (χ0) is 23.7. The van der Waals surface area contributed by atoms with Crippen molar-refractivity contribution >= 4 is 23.9 Å². The van der Waals surface area contributed by atoms with Crippen molar-refractivity contribution in [2.75, 3.05) is 26.2 Å². The number of nitrogens with zero attached hydrogens (tertiary/aromatic N) is 4. The second kappa shape index (κ2) is 11.5. The zero-order valence-corrected chi connectivity index (χ0v) is 16.9. The third-order valence-electron chi connectivity index (χ3n) is 4.16. The van der Waals surface area contributed by atoms with Crippen molar-refractivity contribution in [1.29, 1.82) is 0 Å². The standard InChI is InChI=1S/C20H22N4O8/c25-17(26)9-23(10-18(27)28)7-13-3-4-21-16(5-13)15-2-1-14(6-22-15)8-24(11-19(29)30)12-20(31)32/h1-6H,7-12H2,(H,25,26)(H,27,28)(H,29,30)(H,31,32). The van der Waals surface area contributed by atoms with Crippen LogP contribution in [0.15, 0.2) is 36.7 Å². The Labute approximate surface area is 182 Å². The Morgan fingerprint density at radius 3 is 1.59 bits per heavy atom. The van der Waals surface area contributed by atoms with Gasteiger partial charge in [-0.05, 0) is 29.3 Å². The van der Waals surface area contributed by atoms with Crippen LogP contribution < -0.4 is 0 Å². The lowest BCUT2D eigenvalue weighted by Crippen LogP contribution is -2.34. The average Bonchev–Trinajstić information content (AvgIpc) is 2.66. The number of carboxylic acids is 4. The van der Waals surface area contributed by atoms with Gasteiger partial charge in [0.1, 0.15) is 0 Å². The van der Waals surface area contributed by atoms with Gasteiger partial charge >= 0.3 is 23.9 Å². The number of pyridine rings is 2. The molecule has 0 unspecified atom stereocenters. The van der Waals surface area contributed by atoms with Crippen molar-refractivity contribution in [3.05, 3.63) is 47.8 Å². The van der Waals surface area contributed by atoms with Crippen LogP contribution >= 0.6 is 0 Å². The van der Waals surface area contributed by atoms with E-state index < -0.39 is 50.1 Å². The molecular weight excluding hydrogens is 424 g/mol. The van der Waals surface area contributed by atoms with Gasteiger partial charge in [0.15, 0.2) is 0 Å². The first kappa shape index (κ1) is 24.4. The fourth-order valence-corrected chi connectivity index (χ4v) is 3.00. The van der Waals surface area contributed by atoms with Gasteiger partial charge in [-0.15, -0.1) is 0 Å². The van der Waals surface area contributed by atoms with E-state index in [1.807, 2.05) is 0 Å². The van der Waals surface area contributed by atoms with E-state index in [1.54, 1.807) is 24.3 Å². The third-order valence-corrected chi connectivity index (χ3v) is 4.16. The molecule has 0 aromatic carbocycles. The number of carbonyl (C=O) groups is 4. The molecule has 0 atom stereocenters. The van der Waals surface area contributed by atoms with E-state index >= 15 is 0 Å². The molecule has 0 aliphatic carbocycles. The van der Waals surface area contributed by atoms with Crippen molar-refractivity contribution < 1.29 is 39.6 Å². The van der Waals surface area contributed by atoms with Crippen LogP contribution in [0, 0.1) is 0 Å². The number of rotatable bonds is 13. The number of hydrogen-bond donors (Lipinski definition) is 4. The van der Waals surface area contributed by atoms with Crippen molar-refractivity contribution in [1.82, 2.24) is 19.8 Å². The molecule has 0 aliphatic heterocycles. The zero-order valence-electron chi connectivity index (χ0n) is 16.9. The SMILES string of the molecule is O=C(O)CN(CC(=O)O)Cc1ccc(-c2cc(CN(CC(=O)O)CC(=O)O)ccn2)nc1. The minimum absolute atomic E-state index is 0.0820. The highest BCUT2D eigenvalue weighted by atomic mass is 16.4. The lowest BCUT2D eigenvalue weighted by atomic mass is 10.1. The highest BCUT2D eigenvalue weighted by Gasteiger charge is 2.16. The summed E-state index contributed by atoms with van der Waals surface area (Å²) in [6, 6.07) is 6.63. The molecule has 0 bridgehead atoms. The fraction of sp³-hybridized carbons (Fsp3) is 0.300. The van der Waals surface area contributed by atoms with Gasteiger partial charge in [-0.25, -0.2) is 0 Å². The Bertz CT molecular complexity index is 948. The number of aromatic nitrogens is 2. The minimum Gasteiger partial charge on any atom is -0.480 e. The number of carboxylic acid groups (broad SMARTS) is 4. The van der Waals surface area contributed by atoms with E-state index in [4.69, 9.17) is 20.4 Å². The molecule has 0 fully saturated rings. The van der Waals surface area contributed by atoms with Gasteiger partial charge in [0.05, 0.1) is 37.6 Å². The van der Waals surface area contributed by atoms with Gasteiger partial charge in [0, 0.05) is 25.5 Å². The molecule has 0 aliphatic rings. The minimum atomic E-state index is -1.14. The maximum atomic E-state index is 11.0. The van der Waals surface area contributed by atoms with E-state index in [0.29, 0.717) is 22.5 Å². The number of aliphatic carboxylic acids is 4. The monoisotopic (exact) mass is 446 g/mol. The topological polar surface area (TPSA) is 181 Å². The van der Waals surface area contributed by atoms with E-state index in [2.05, 4.69) is 9.97 Å². The molecule has 0 spiro atoms. The van der Waals surface area contributed by atoms with Gasteiger partial charge in [-0.1, -0.05) is 6.07 Å². The molecule has 12 heteroatoms. The van der Waals surface area contributed by atoms with Crippen LogP contribution in [0.5, 0.6) is 0 Å². The maximum absolute atomic E-state index is 11.0. The van der Waals surface area contributed by atoms with Gasteiger partial charge in [-0.3, -0.25) is 38.9 Å². The molecule has 0 amide bonds. The summed E-state index contributed by atoms with van der Waals surface area (Å²) in [5, 5.41) is 35.8. The molecule has 2 heterocycles. The summed E-state index contributed by atoms with van der Waals surface area (Å²) in [4.78, 5) is 54.8. The average molecular weight is 446 g/mol. The molecular formula is C20H22N4O8. The van der Waals surface area contributed by atoms with Crippen molar-refractivity contribution in [2.45, 2.75) is 13.1 Å². The Morgan fingerprint density at radius 1 is 0.656 bits per heavy atom. The van der Waals surface area contributed by atoms with Crippen LogP contribution in [-0.4, -0.2) is 90.3 Å². The summed E-state index contributed by atoms with van der Waals surface area (Å²) in [6.45, 7) is -1.55. The fourth-order valence-electron chi connectivity index (χ4n) is 3.00. The molecule has 170 valence electrons. The predicted molar refractivity (Wildman–Crippen MR) is 109 cm³/mol. The Balaban J connectivity index is 2.13. The first-order chi connectivity index (χ1) is 15.1. The molecule has 12 nitrogen and oxygen atoms in total. The molecule has 32 heavy (non-hydrogen) atoms. The largest absolute Gasteiger partial charge is 0.480 e. The van der Waals surface area contributed by atoms with Crippen LogP contribution in [-0.2, 0) is 32.3 Å². The molecule has 4 N–H and O–H groups in total. The second-order valence-electron chi connectivity index (χ2n) is 6.97. The second-order valence-corrected chi connectivity index (χ2v) is 6.97. The van der Waals surface area contributed by atoms with Crippen molar-refractivity contribution in [3.63, 3.8) is 0 Å². The van der Waals surface area contributed by atoms with E-state index in [0.717, 1.165) is 0 Å². The Kier molecular flexibility index (Phi) is 8.74. The van der Waals surface area contributed by atoms with Gasteiger partial charge in [-0.2, -0.15) is 0 Å². The van der Waals surface area contributed by atoms with Crippen molar-refractivity contribution in [2.24, 2.45) is 0 Å². The maximum Gasteiger partial charge on any atom is 0.317 e. The lowest BCUT2D eigenvalue weighted by Gasteiger charge is -2.18. The highest BCUT2D eigenvalue weighted by Crippen LogP contribution is 2.17. The summed E-state index contributed by atoms with van der Waals surface area (Å²) < 4.78 is 0. The number of hydrogen-bond acceptors (Lipinski definition) is 8. The lowest BCUT2D eigenvalue weighted by molar-refractivity contribution is -0.144. The molecule has 2 rings (SSSR count). The molecule has 0 saturated carbocycles. The van der Waals surface area contributed by atoms with Gasteiger partial charge < -0.3 is 20.4 Å². The Morgan fingerprint density at radius 2 is 1.16 bits per heavy atom. The first-order valence-electron chi connectivity index (χ1n) is 9.34. The van der Waals surface area contributed by atoms with Crippen LogP contribution in [0.1, 0.15) is 11.1 Å². The first-order valence-corrected chi connectivity index (χ1v) is 9.34. The van der Waals surface area contributed by atoms with E-state index in [1.165, 1.54) is 22.2 Å². The summed E-state index contributed by atoms with van der Waals surface area (Å²) in [6.07, 6.45) is 2.99. The molecule has 2 aromatic rings. The van der Waals surface area contributed by atoms with Crippen molar-refractivity contribution in [3.8, 4) is 11.4 Å². The molecule has 0 radical (unpaired) electrons. The van der Waals surface area contributed by atoms with Crippen LogP contribution in [0.25, 0.3) is 11.4 Å². The summed E-state index contributed by atoms with van der Waals surface area (Å²) in [5.74, 6) is -4.57. The molecule has 0 saturated heterocycles. The molecule has 2 aromatic heterocycles.